The molecule has 2 rings (SSSR count). The van der Waals surface area contributed by atoms with Crippen molar-refractivity contribution in [2.45, 2.75) is 18.9 Å². The van der Waals surface area contributed by atoms with E-state index in [1.807, 2.05) is 24.3 Å². The van der Waals surface area contributed by atoms with Crippen LogP contribution in [0, 0.1) is 5.92 Å². The summed E-state index contributed by atoms with van der Waals surface area (Å²) in [6, 6.07) is 7.56. The zero-order valence-electron chi connectivity index (χ0n) is 11.5. The van der Waals surface area contributed by atoms with Gasteiger partial charge in [0.15, 0.2) is 0 Å². The molecule has 1 aromatic carbocycles. The molecule has 1 heterocycles. The van der Waals surface area contributed by atoms with Crippen LogP contribution in [-0.4, -0.2) is 48.5 Å². The Morgan fingerprint density at radius 1 is 1.47 bits per heavy atom. The van der Waals surface area contributed by atoms with Crippen LogP contribution in [0.2, 0.25) is 0 Å². The molecule has 0 saturated carbocycles. The highest BCUT2D eigenvalue weighted by Gasteiger charge is 2.21. The molecule has 0 amide bonds. The molecule has 2 unspecified atom stereocenters. The van der Waals surface area contributed by atoms with Crippen LogP contribution in [0.25, 0.3) is 0 Å². The van der Waals surface area contributed by atoms with Crippen molar-refractivity contribution in [3.63, 3.8) is 0 Å². The van der Waals surface area contributed by atoms with E-state index < -0.39 is 6.10 Å². The maximum atomic E-state index is 10.3. The van der Waals surface area contributed by atoms with Crippen molar-refractivity contribution in [2.24, 2.45) is 5.92 Å². The van der Waals surface area contributed by atoms with E-state index in [4.69, 9.17) is 4.74 Å². The quantitative estimate of drug-likeness (QED) is 0.845. The Morgan fingerprint density at radius 3 is 3.05 bits per heavy atom. The van der Waals surface area contributed by atoms with Crippen LogP contribution in [0.4, 0.5) is 0 Å². The molecule has 0 spiro atoms. The van der Waals surface area contributed by atoms with Crippen molar-refractivity contribution in [3.05, 3.63) is 29.8 Å². The molecule has 1 aliphatic rings. The first-order chi connectivity index (χ1) is 9.22. The molecule has 0 aliphatic carbocycles. The molecule has 1 saturated heterocycles. The topological polar surface area (TPSA) is 52.9 Å². The fourth-order valence-corrected chi connectivity index (χ4v) is 2.66. The summed E-state index contributed by atoms with van der Waals surface area (Å²) in [5.74, 6) is 1.12. The SMILES string of the molecule is COc1cccc(C(O)CN2CCCC(CO)C2)c1. The maximum absolute atomic E-state index is 10.3. The molecule has 1 aliphatic heterocycles. The van der Waals surface area contributed by atoms with Crippen LogP contribution in [-0.2, 0) is 0 Å². The number of aliphatic hydroxyl groups is 2. The first-order valence-corrected chi connectivity index (χ1v) is 6.88. The first-order valence-electron chi connectivity index (χ1n) is 6.88. The summed E-state index contributed by atoms with van der Waals surface area (Å²) in [6.07, 6.45) is 1.67. The molecule has 4 nitrogen and oxygen atoms in total. The summed E-state index contributed by atoms with van der Waals surface area (Å²) in [5.41, 5.74) is 0.880. The Hall–Kier alpha value is -1.10. The van der Waals surface area contributed by atoms with E-state index in [1.54, 1.807) is 7.11 Å². The highest BCUT2D eigenvalue weighted by atomic mass is 16.5. The van der Waals surface area contributed by atoms with Crippen LogP contribution >= 0.6 is 0 Å². The van der Waals surface area contributed by atoms with Crippen molar-refractivity contribution in [1.29, 1.82) is 0 Å². The summed E-state index contributed by atoms with van der Waals surface area (Å²) in [4.78, 5) is 2.23. The van der Waals surface area contributed by atoms with Gasteiger partial charge in [0.2, 0.25) is 0 Å². The lowest BCUT2D eigenvalue weighted by atomic mass is 9.98. The molecule has 0 bridgehead atoms. The summed E-state index contributed by atoms with van der Waals surface area (Å²) in [7, 11) is 1.63. The lowest BCUT2D eigenvalue weighted by Gasteiger charge is -2.33. The summed E-state index contributed by atoms with van der Waals surface area (Å²) in [5, 5.41) is 19.5. The third-order valence-corrected chi connectivity index (χ3v) is 3.77. The van der Waals surface area contributed by atoms with Gasteiger partial charge in [0.25, 0.3) is 0 Å². The Labute approximate surface area is 114 Å². The minimum atomic E-state index is -0.507. The normalized spacial score (nSPS) is 22.2. The second-order valence-electron chi connectivity index (χ2n) is 5.24. The van der Waals surface area contributed by atoms with E-state index in [0.29, 0.717) is 12.5 Å². The molecule has 0 radical (unpaired) electrons. The third kappa shape index (κ3) is 3.93. The van der Waals surface area contributed by atoms with Gasteiger partial charge in [-0.15, -0.1) is 0 Å². The Bertz CT molecular complexity index is 397. The first kappa shape index (κ1) is 14.3. The number of aliphatic hydroxyl groups excluding tert-OH is 2. The number of β-amino-alcohol motifs (C(OH)–C–C–N with tert-alkyl or cyclic N) is 1. The number of hydrogen-bond donors (Lipinski definition) is 2. The number of hydrogen-bond acceptors (Lipinski definition) is 4. The van der Waals surface area contributed by atoms with Gasteiger partial charge in [-0.3, -0.25) is 0 Å². The van der Waals surface area contributed by atoms with Gasteiger partial charge in [-0.25, -0.2) is 0 Å². The highest BCUT2D eigenvalue weighted by Crippen LogP contribution is 2.22. The van der Waals surface area contributed by atoms with Gasteiger partial charge in [-0.1, -0.05) is 12.1 Å². The van der Waals surface area contributed by atoms with E-state index >= 15 is 0 Å². The zero-order valence-corrected chi connectivity index (χ0v) is 11.5. The van der Waals surface area contributed by atoms with Crippen LogP contribution in [0.1, 0.15) is 24.5 Å². The van der Waals surface area contributed by atoms with Crippen LogP contribution in [0.3, 0.4) is 0 Å². The summed E-state index contributed by atoms with van der Waals surface area (Å²) < 4.78 is 5.17. The smallest absolute Gasteiger partial charge is 0.119 e. The maximum Gasteiger partial charge on any atom is 0.119 e. The number of nitrogens with zero attached hydrogens (tertiary/aromatic N) is 1. The molecule has 2 N–H and O–H groups in total. The van der Waals surface area contributed by atoms with Gasteiger partial charge in [0.05, 0.1) is 13.2 Å². The van der Waals surface area contributed by atoms with Crippen molar-refractivity contribution < 1.29 is 14.9 Å². The standard InChI is InChI=1S/C15H23NO3/c1-19-14-6-2-5-13(8-14)15(18)10-16-7-3-4-12(9-16)11-17/h2,5-6,8,12,15,17-18H,3-4,7,9-11H2,1H3. The molecule has 1 fully saturated rings. The molecular formula is C15H23NO3. The van der Waals surface area contributed by atoms with Gasteiger partial charge < -0.3 is 19.8 Å². The second-order valence-corrected chi connectivity index (χ2v) is 5.24. The van der Waals surface area contributed by atoms with Gasteiger partial charge in [-0.05, 0) is 43.0 Å². The number of rotatable bonds is 5. The average Bonchev–Trinajstić information content (AvgIpc) is 2.47. The summed E-state index contributed by atoms with van der Waals surface area (Å²) >= 11 is 0. The minimum Gasteiger partial charge on any atom is -0.497 e. The largest absolute Gasteiger partial charge is 0.497 e. The van der Waals surface area contributed by atoms with E-state index in [-0.39, 0.29) is 6.61 Å². The summed E-state index contributed by atoms with van der Waals surface area (Å²) in [6.45, 7) is 2.73. The monoisotopic (exact) mass is 265 g/mol. The number of benzene rings is 1. The molecule has 2 atom stereocenters. The molecular weight excluding hydrogens is 242 g/mol. The van der Waals surface area contributed by atoms with E-state index in [0.717, 1.165) is 37.2 Å². The highest BCUT2D eigenvalue weighted by molar-refractivity contribution is 5.29. The van der Waals surface area contributed by atoms with Crippen molar-refractivity contribution in [3.8, 4) is 5.75 Å². The third-order valence-electron chi connectivity index (χ3n) is 3.77. The van der Waals surface area contributed by atoms with E-state index in [1.165, 1.54) is 0 Å². The zero-order chi connectivity index (χ0) is 13.7. The second kappa shape index (κ2) is 6.89. The Balaban J connectivity index is 1.94. The molecule has 1 aromatic rings. The van der Waals surface area contributed by atoms with E-state index in [2.05, 4.69) is 4.90 Å². The lowest BCUT2D eigenvalue weighted by Crippen LogP contribution is -2.39. The van der Waals surface area contributed by atoms with Gasteiger partial charge in [0.1, 0.15) is 5.75 Å². The predicted octanol–water partition coefficient (Wildman–Crippen LogP) is 1.43. The van der Waals surface area contributed by atoms with Gasteiger partial charge in [-0.2, -0.15) is 0 Å². The van der Waals surface area contributed by atoms with Crippen LogP contribution < -0.4 is 4.74 Å². The fourth-order valence-electron chi connectivity index (χ4n) is 2.66. The number of ether oxygens (including phenoxy) is 1. The number of piperidine rings is 1. The number of methoxy groups -OCH3 is 1. The van der Waals surface area contributed by atoms with Crippen LogP contribution in [0.15, 0.2) is 24.3 Å². The molecule has 19 heavy (non-hydrogen) atoms. The van der Waals surface area contributed by atoms with Gasteiger partial charge >= 0.3 is 0 Å². The van der Waals surface area contributed by atoms with Gasteiger partial charge in [0, 0.05) is 19.7 Å². The molecule has 106 valence electrons. The molecule has 4 heteroatoms. The van der Waals surface area contributed by atoms with Crippen LogP contribution in [0.5, 0.6) is 5.75 Å². The minimum absolute atomic E-state index is 0.242. The lowest BCUT2D eigenvalue weighted by molar-refractivity contribution is 0.0677. The predicted molar refractivity (Wildman–Crippen MR) is 74.2 cm³/mol. The van der Waals surface area contributed by atoms with Crippen molar-refractivity contribution in [1.82, 2.24) is 4.90 Å². The Kier molecular flexibility index (Phi) is 5.19. The fraction of sp³-hybridized carbons (Fsp3) is 0.600. The number of likely N-dealkylation sites (tertiary alicyclic amines) is 1. The van der Waals surface area contributed by atoms with Crippen molar-refractivity contribution in [2.75, 3.05) is 33.4 Å². The average molecular weight is 265 g/mol. The van der Waals surface area contributed by atoms with Crippen molar-refractivity contribution >= 4 is 0 Å². The van der Waals surface area contributed by atoms with E-state index in [9.17, 15) is 10.2 Å². The molecule has 0 aromatic heterocycles. The Morgan fingerprint density at radius 2 is 2.32 bits per heavy atom.